The zero-order valence-electron chi connectivity index (χ0n) is 14.7. The number of hydrogen-bond acceptors (Lipinski definition) is 7. The number of rotatable bonds is 3. The summed E-state index contributed by atoms with van der Waals surface area (Å²) in [5.74, 6) is -1.00. The summed E-state index contributed by atoms with van der Waals surface area (Å²) in [6.45, 7) is 9.48. The lowest BCUT2D eigenvalue weighted by Gasteiger charge is -2.39. The van der Waals surface area contributed by atoms with Gasteiger partial charge in [0, 0.05) is 0 Å². The Kier molecular flexibility index (Phi) is 5.35. The molecule has 0 spiro atoms. The fourth-order valence-corrected chi connectivity index (χ4v) is 2.43. The summed E-state index contributed by atoms with van der Waals surface area (Å²) in [6.07, 6.45) is -2.31. The smallest absolute Gasteiger partial charge is 0.412 e. The number of ether oxygens (including phenoxy) is 3. The molecule has 23 heavy (non-hydrogen) atoms. The van der Waals surface area contributed by atoms with Crippen molar-refractivity contribution < 1.29 is 34.0 Å². The summed E-state index contributed by atoms with van der Waals surface area (Å²) in [4.78, 5) is 25.4. The van der Waals surface area contributed by atoms with Gasteiger partial charge in [0.15, 0.2) is 5.60 Å². The van der Waals surface area contributed by atoms with E-state index in [1.807, 2.05) is 0 Å². The van der Waals surface area contributed by atoms with Crippen molar-refractivity contribution in [3.8, 4) is 0 Å². The molecule has 0 bridgehead atoms. The minimum absolute atomic E-state index is 0.0550. The van der Waals surface area contributed by atoms with Gasteiger partial charge >= 0.3 is 12.1 Å². The molecule has 1 heterocycles. The summed E-state index contributed by atoms with van der Waals surface area (Å²) in [7, 11) is 1.10. The van der Waals surface area contributed by atoms with Crippen LogP contribution in [0, 0.1) is 0 Å². The van der Waals surface area contributed by atoms with Crippen LogP contribution in [0.15, 0.2) is 0 Å². The average molecular weight is 333 g/mol. The van der Waals surface area contributed by atoms with Gasteiger partial charge in [0.25, 0.3) is 0 Å². The Hall–Kier alpha value is -1.38. The summed E-state index contributed by atoms with van der Waals surface area (Å²) in [6, 6.07) is -0.964. The van der Waals surface area contributed by atoms with Crippen molar-refractivity contribution >= 4 is 12.1 Å². The Morgan fingerprint density at radius 1 is 1.30 bits per heavy atom. The summed E-state index contributed by atoms with van der Waals surface area (Å²) < 4.78 is 15.4. The third-order valence-corrected chi connectivity index (χ3v) is 3.65. The van der Waals surface area contributed by atoms with Gasteiger partial charge in [-0.3, -0.25) is 4.90 Å². The molecule has 1 amide bonds. The van der Waals surface area contributed by atoms with Crippen LogP contribution in [-0.4, -0.2) is 70.0 Å². The van der Waals surface area contributed by atoms with Crippen LogP contribution in [0.4, 0.5) is 4.79 Å². The van der Waals surface area contributed by atoms with Crippen LogP contribution in [-0.2, 0) is 19.0 Å². The van der Waals surface area contributed by atoms with Gasteiger partial charge in [-0.25, -0.2) is 9.59 Å². The Morgan fingerprint density at radius 2 is 1.83 bits per heavy atom. The first-order valence-electron chi connectivity index (χ1n) is 7.39. The van der Waals surface area contributed by atoms with Crippen molar-refractivity contribution in [2.45, 2.75) is 70.6 Å². The molecule has 1 fully saturated rings. The molecule has 0 aromatic carbocycles. The summed E-state index contributed by atoms with van der Waals surface area (Å²) >= 11 is 0. The van der Waals surface area contributed by atoms with Crippen molar-refractivity contribution in [1.29, 1.82) is 0 Å². The van der Waals surface area contributed by atoms with Crippen LogP contribution in [0.5, 0.6) is 0 Å². The highest BCUT2D eigenvalue weighted by Crippen LogP contribution is 2.33. The predicted molar refractivity (Wildman–Crippen MR) is 80.5 cm³/mol. The molecule has 1 saturated heterocycles. The maximum Gasteiger partial charge on any atom is 0.412 e. The number of esters is 1. The molecule has 134 valence electrons. The normalized spacial score (nSPS) is 24.7. The first kappa shape index (κ1) is 19.7. The number of aliphatic hydroxyl groups excluding tert-OH is 1. The summed E-state index contributed by atoms with van der Waals surface area (Å²) in [5, 5.41) is 20.7. The van der Waals surface area contributed by atoms with Gasteiger partial charge in [-0.1, -0.05) is 0 Å². The van der Waals surface area contributed by atoms with Gasteiger partial charge in [0.05, 0.1) is 19.8 Å². The van der Waals surface area contributed by atoms with Crippen LogP contribution < -0.4 is 0 Å². The molecule has 3 atom stereocenters. The van der Waals surface area contributed by atoms with Crippen LogP contribution >= 0.6 is 0 Å². The van der Waals surface area contributed by atoms with Crippen LogP contribution in [0.2, 0.25) is 0 Å². The molecular formula is C15H27NO7. The van der Waals surface area contributed by atoms with E-state index in [-0.39, 0.29) is 6.61 Å². The average Bonchev–Trinajstić information content (AvgIpc) is 2.70. The SMILES string of the molecule is COC(=O)[C@](C)(O)[C@@H](O)[C@@H]1COC(C)(C)N1C(=O)OC(C)(C)C. The second-order valence-electron chi connectivity index (χ2n) is 7.26. The number of nitrogens with zero attached hydrogens (tertiary/aromatic N) is 1. The van der Waals surface area contributed by atoms with E-state index < -0.39 is 41.1 Å². The number of hydrogen-bond donors (Lipinski definition) is 2. The quantitative estimate of drug-likeness (QED) is 0.730. The zero-order chi connectivity index (χ0) is 18.2. The molecule has 0 aromatic heterocycles. The second-order valence-corrected chi connectivity index (χ2v) is 7.26. The molecule has 2 N–H and O–H groups in total. The first-order chi connectivity index (χ1) is 10.2. The van der Waals surface area contributed by atoms with E-state index in [0.717, 1.165) is 14.0 Å². The minimum Gasteiger partial charge on any atom is -0.467 e. The fourth-order valence-electron chi connectivity index (χ4n) is 2.43. The Balaban J connectivity index is 3.10. The monoisotopic (exact) mass is 333 g/mol. The molecular weight excluding hydrogens is 306 g/mol. The molecule has 0 saturated carbocycles. The molecule has 1 aliphatic rings. The highest BCUT2D eigenvalue weighted by atomic mass is 16.6. The van der Waals surface area contributed by atoms with Gasteiger partial charge < -0.3 is 24.4 Å². The first-order valence-corrected chi connectivity index (χ1v) is 7.39. The molecule has 8 nitrogen and oxygen atoms in total. The van der Waals surface area contributed by atoms with E-state index >= 15 is 0 Å². The molecule has 0 radical (unpaired) electrons. The number of methoxy groups -OCH3 is 1. The number of aliphatic hydroxyl groups is 2. The van der Waals surface area contributed by atoms with E-state index in [1.54, 1.807) is 34.6 Å². The summed E-state index contributed by atoms with van der Waals surface area (Å²) in [5.41, 5.74) is -3.99. The lowest BCUT2D eigenvalue weighted by atomic mass is 9.92. The second kappa shape index (κ2) is 6.26. The van der Waals surface area contributed by atoms with E-state index in [2.05, 4.69) is 4.74 Å². The highest BCUT2D eigenvalue weighted by Gasteiger charge is 2.54. The number of carbonyl (C=O) groups excluding carboxylic acids is 2. The number of carbonyl (C=O) groups is 2. The lowest BCUT2D eigenvalue weighted by Crippen LogP contribution is -2.60. The third kappa shape index (κ3) is 4.13. The molecule has 0 aromatic rings. The van der Waals surface area contributed by atoms with Gasteiger partial charge in [-0.2, -0.15) is 0 Å². The van der Waals surface area contributed by atoms with E-state index in [9.17, 15) is 19.8 Å². The Bertz CT molecular complexity index is 467. The van der Waals surface area contributed by atoms with Crippen molar-refractivity contribution in [2.24, 2.45) is 0 Å². The van der Waals surface area contributed by atoms with Gasteiger partial charge in [-0.05, 0) is 41.5 Å². The zero-order valence-corrected chi connectivity index (χ0v) is 14.7. The van der Waals surface area contributed by atoms with Crippen molar-refractivity contribution in [3.63, 3.8) is 0 Å². The third-order valence-electron chi connectivity index (χ3n) is 3.65. The highest BCUT2D eigenvalue weighted by molar-refractivity contribution is 5.80. The predicted octanol–water partition coefficient (Wildman–Crippen LogP) is 0.643. The van der Waals surface area contributed by atoms with Crippen molar-refractivity contribution in [3.05, 3.63) is 0 Å². The van der Waals surface area contributed by atoms with Gasteiger partial charge in [0.1, 0.15) is 17.4 Å². The van der Waals surface area contributed by atoms with Gasteiger partial charge in [0.2, 0.25) is 0 Å². The Morgan fingerprint density at radius 3 is 2.26 bits per heavy atom. The topological polar surface area (TPSA) is 106 Å². The number of amides is 1. The van der Waals surface area contributed by atoms with Crippen LogP contribution in [0.3, 0.4) is 0 Å². The van der Waals surface area contributed by atoms with Crippen LogP contribution in [0.1, 0.15) is 41.5 Å². The van der Waals surface area contributed by atoms with E-state index in [0.29, 0.717) is 0 Å². The largest absolute Gasteiger partial charge is 0.467 e. The fraction of sp³-hybridized carbons (Fsp3) is 0.867. The van der Waals surface area contributed by atoms with Gasteiger partial charge in [-0.15, -0.1) is 0 Å². The Labute approximate surface area is 136 Å². The van der Waals surface area contributed by atoms with Crippen LogP contribution in [0.25, 0.3) is 0 Å². The maximum atomic E-state index is 12.5. The standard InChI is InChI=1S/C15H27NO7/c1-13(2,3)23-12(19)16-9(8-22-14(16,4)5)10(17)15(6,20)11(18)21-7/h9-10,17,20H,8H2,1-7H3/t9-,10-,15+/m0/s1. The van der Waals surface area contributed by atoms with E-state index in [4.69, 9.17) is 9.47 Å². The maximum absolute atomic E-state index is 12.5. The van der Waals surface area contributed by atoms with Crippen molar-refractivity contribution in [1.82, 2.24) is 4.90 Å². The molecule has 0 unspecified atom stereocenters. The van der Waals surface area contributed by atoms with E-state index in [1.165, 1.54) is 4.90 Å². The minimum atomic E-state index is -2.19. The lowest BCUT2D eigenvalue weighted by molar-refractivity contribution is -0.177. The molecule has 1 rings (SSSR count). The molecule has 8 heteroatoms. The molecule has 0 aliphatic carbocycles. The molecule has 1 aliphatic heterocycles. The van der Waals surface area contributed by atoms with Crippen molar-refractivity contribution in [2.75, 3.05) is 13.7 Å².